The molecule has 1 heterocycles. The van der Waals surface area contributed by atoms with E-state index in [0.29, 0.717) is 12.0 Å². The number of guanidine groups is 1. The van der Waals surface area contributed by atoms with Gasteiger partial charge in [-0.15, -0.1) is 0 Å². The molecule has 7 atom stereocenters. The van der Waals surface area contributed by atoms with E-state index in [4.69, 9.17) is 36.1 Å². The van der Waals surface area contributed by atoms with E-state index < -0.39 is 79.3 Å². The highest BCUT2D eigenvalue weighted by molar-refractivity contribution is 5.87. The van der Waals surface area contributed by atoms with Crippen molar-refractivity contribution in [2.75, 3.05) is 13.2 Å². The number of aliphatic hydroxyl groups excluding tert-OH is 2. The molecule has 1 unspecified atom stereocenters. The van der Waals surface area contributed by atoms with Gasteiger partial charge < -0.3 is 51.2 Å². The van der Waals surface area contributed by atoms with Gasteiger partial charge in [-0.25, -0.2) is 9.79 Å². The Labute approximate surface area is 282 Å². The first-order valence-corrected chi connectivity index (χ1v) is 16.4. The van der Waals surface area contributed by atoms with Gasteiger partial charge in [-0.1, -0.05) is 76.8 Å². The lowest BCUT2D eigenvalue weighted by atomic mass is 9.79. The van der Waals surface area contributed by atoms with Crippen molar-refractivity contribution in [3.63, 3.8) is 0 Å². The number of ketones is 1. The van der Waals surface area contributed by atoms with Crippen LogP contribution in [0.25, 0.3) is 0 Å². The molecule has 8 N–H and O–H groups in total. The molecule has 1 aromatic rings. The lowest BCUT2D eigenvalue weighted by Crippen LogP contribution is -2.49. The number of esters is 3. The van der Waals surface area contributed by atoms with Crippen molar-refractivity contribution in [2.45, 2.75) is 103 Å². The van der Waals surface area contributed by atoms with E-state index in [0.717, 1.165) is 25.7 Å². The molecule has 268 valence electrons. The van der Waals surface area contributed by atoms with Crippen LogP contribution in [0.15, 0.2) is 47.2 Å². The van der Waals surface area contributed by atoms with Crippen LogP contribution in [0.3, 0.4) is 0 Å². The molecule has 0 aromatic heterocycles. The maximum Gasteiger partial charge on any atom is 0.376 e. The topological polar surface area (TPSA) is 236 Å². The molecule has 0 radical (unpaired) electrons. The Kier molecular flexibility index (Phi) is 17.1. The Bertz CT molecular complexity index is 1250. The molecule has 1 aliphatic rings. The molecule has 2 rings (SSSR count). The molecule has 14 heteroatoms. The number of benzene rings is 1. The highest BCUT2D eigenvalue weighted by atomic mass is 16.7. The molecule has 0 spiro atoms. The first-order chi connectivity index (χ1) is 22.8. The van der Waals surface area contributed by atoms with E-state index in [1.54, 1.807) is 44.2 Å². The number of nitrogens with zero attached hydrogens (tertiary/aromatic N) is 1. The zero-order chi connectivity index (χ0) is 35.8. The fourth-order valence-corrected chi connectivity index (χ4v) is 5.21. The summed E-state index contributed by atoms with van der Waals surface area (Å²) in [4.78, 5) is 55.3. The second-order valence-corrected chi connectivity index (χ2v) is 12.3. The average molecular weight is 677 g/mol. The molecule has 0 amide bonds. The number of ether oxygens (including phenoxy) is 4. The summed E-state index contributed by atoms with van der Waals surface area (Å²) in [5, 5.41) is 21.5. The summed E-state index contributed by atoms with van der Waals surface area (Å²) in [6.45, 7) is 5.75. The zero-order valence-electron chi connectivity index (χ0n) is 28.3. The molecule has 1 aliphatic heterocycles. The Hall–Kier alpha value is -4.01. The normalized spacial score (nSPS) is 19.9. The third-order valence-electron chi connectivity index (χ3n) is 7.99. The van der Waals surface area contributed by atoms with Gasteiger partial charge in [-0.05, 0) is 25.3 Å². The molecule has 1 aromatic carbocycles. The van der Waals surface area contributed by atoms with E-state index in [2.05, 4.69) is 11.9 Å². The number of carbonyl (C=O) groups is 4. The highest BCUT2D eigenvalue weighted by Gasteiger charge is 2.45. The summed E-state index contributed by atoms with van der Waals surface area (Å²) in [5.74, 6) is -5.73. The number of rotatable bonds is 20. The minimum Gasteiger partial charge on any atom is -0.482 e. The minimum absolute atomic E-state index is 0.150. The number of aliphatic imine (C=N–C) groups is 1. The molecular formula is C34H52N4O10. The minimum atomic E-state index is -1.52. The van der Waals surface area contributed by atoms with Crippen molar-refractivity contribution >= 4 is 29.7 Å². The fraction of sp³-hybridized carbons (Fsp3) is 0.618. The zero-order valence-corrected chi connectivity index (χ0v) is 28.3. The smallest absolute Gasteiger partial charge is 0.376 e. The summed E-state index contributed by atoms with van der Waals surface area (Å²) >= 11 is 0. The average Bonchev–Trinajstić information content (AvgIpc) is 3.04. The van der Waals surface area contributed by atoms with Gasteiger partial charge in [0.2, 0.25) is 5.76 Å². The summed E-state index contributed by atoms with van der Waals surface area (Å²) in [5.41, 5.74) is 17.7. The summed E-state index contributed by atoms with van der Waals surface area (Å²) < 4.78 is 22.4. The van der Waals surface area contributed by atoms with E-state index in [1.807, 2.05) is 0 Å². The van der Waals surface area contributed by atoms with Gasteiger partial charge in [0, 0.05) is 30.2 Å². The number of hydrogen-bond acceptors (Lipinski definition) is 12. The van der Waals surface area contributed by atoms with Gasteiger partial charge in [-0.2, -0.15) is 0 Å². The number of hydrogen-bond donors (Lipinski definition) is 5. The van der Waals surface area contributed by atoms with Crippen LogP contribution in [0, 0.1) is 17.8 Å². The molecule has 14 nitrogen and oxygen atoms in total. The first-order valence-electron chi connectivity index (χ1n) is 16.4. The van der Waals surface area contributed by atoms with Crippen molar-refractivity contribution in [1.29, 1.82) is 0 Å². The van der Waals surface area contributed by atoms with Crippen molar-refractivity contribution < 1.29 is 48.3 Å². The van der Waals surface area contributed by atoms with Crippen LogP contribution in [-0.2, 0) is 38.1 Å². The molecule has 0 bridgehead atoms. The van der Waals surface area contributed by atoms with Crippen molar-refractivity contribution in [3.05, 3.63) is 47.7 Å². The molecule has 0 saturated carbocycles. The Morgan fingerprint density at radius 3 is 2.27 bits per heavy atom. The predicted octanol–water partition coefficient (Wildman–Crippen LogP) is 2.15. The van der Waals surface area contributed by atoms with Crippen LogP contribution in [0.5, 0.6) is 0 Å². The Morgan fingerprint density at radius 2 is 1.69 bits per heavy atom. The number of Topliss-reactive ketones (excluding diaryl/α,β-unsaturated/α-hetero) is 1. The number of nitrogens with two attached hydrogens (primary N) is 3. The lowest BCUT2D eigenvalue weighted by Gasteiger charge is -2.40. The van der Waals surface area contributed by atoms with E-state index >= 15 is 0 Å². The van der Waals surface area contributed by atoms with Crippen LogP contribution in [-0.4, -0.2) is 77.4 Å². The second kappa shape index (κ2) is 20.4. The van der Waals surface area contributed by atoms with Gasteiger partial charge in [0.1, 0.15) is 24.5 Å². The van der Waals surface area contributed by atoms with Crippen molar-refractivity contribution in [1.82, 2.24) is 0 Å². The Balaban J connectivity index is 2.37. The van der Waals surface area contributed by atoms with Gasteiger partial charge in [0.25, 0.3) is 6.29 Å². The molecular weight excluding hydrogens is 624 g/mol. The lowest BCUT2D eigenvalue weighted by molar-refractivity contribution is -0.193. The van der Waals surface area contributed by atoms with Crippen LogP contribution < -0.4 is 17.2 Å². The maximum absolute atomic E-state index is 13.6. The quantitative estimate of drug-likeness (QED) is 0.0438. The van der Waals surface area contributed by atoms with Gasteiger partial charge >= 0.3 is 17.9 Å². The predicted molar refractivity (Wildman–Crippen MR) is 176 cm³/mol. The Morgan fingerprint density at radius 1 is 1.02 bits per heavy atom. The fourth-order valence-electron chi connectivity index (χ4n) is 5.21. The van der Waals surface area contributed by atoms with E-state index in [-0.39, 0.29) is 30.5 Å². The highest BCUT2D eigenvalue weighted by Crippen LogP contribution is 2.36. The monoisotopic (exact) mass is 676 g/mol. The third kappa shape index (κ3) is 12.9. The molecule has 0 aliphatic carbocycles. The maximum atomic E-state index is 13.6. The number of aliphatic hydroxyl groups is 2. The van der Waals surface area contributed by atoms with Crippen molar-refractivity contribution in [3.8, 4) is 0 Å². The van der Waals surface area contributed by atoms with Crippen molar-refractivity contribution in [2.24, 2.45) is 39.9 Å². The van der Waals surface area contributed by atoms with E-state index in [1.165, 1.54) is 13.0 Å². The summed E-state index contributed by atoms with van der Waals surface area (Å²) in [6, 6.07) is 6.19. The third-order valence-corrected chi connectivity index (χ3v) is 7.99. The second-order valence-electron chi connectivity index (χ2n) is 12.3. The summed E-state index contributed by atoms with van der Waals surface area (Å²) in [7, 11) is 0. The van der Waals surface area contributed by atoms with Gasteiger partial charge in [0.05, 0.1) is 18.8 Å². The van der Waals surface area contributed by atoms with Crippen LogP contribution in [0.1, 0.15) is 84.5 Å². The molecule has 48 heavy (non-hydrogen) atoms. The largest absolute Gasteiger partial charge is 0.482 e. The summed E-state index contributed by atoms with van der Waals surface area (Å²) in [6.07, 6.45) is 1.75. The van der Waals surface area contributed by atoms with Crippen LogP contribution >= 0.6 is 0 Å². The van der Waals surface area contributed by atoms with Crippen LogP contribution in [0.2, 0.25) is 0 Å². The number of unbranched alkanes of at least 4 members (excludes halogenated alkanes) is 4. The first kappa shape index (κ1) is 40.2. The number of carbonyl (C=O) groups excluding carboxylic acids is 4. The molecule has 0 fully saturated rings. The van der Waals surface area contributed by atoms with Gasteiger partial charge in [0.15, 0.2) is 5.96 Å². The van der Waals surface area contributed by atoms with Gasteiger partial charge in [-0.3, -0.25) is 9.59 Å². The van der Waals surface area contributed by atoms with Crippen LogP contribution in [0.4, 0.5) is 0 Å². The SMILES string of the molecule is CCCCCCCC(=O)OC[C@H](O)[C@H](CO)[C@@H]1OC(C(=O)OC(OC(=O)[C@@H](N)C(C)C)c2ccccc2)=C[C@H](N=C(N)N)[C@H]1CC(C)=O. The standard InChI is InChI=1S/C34H52N4O10/c1-5-6-7-8-12-15-28(42)45-19-26(41)24(18-39)30-23(16-21(4)40)25(38-34(36)37)17-27(46-30)31(43)47-33(22-13-10-9-11-14-22)48-32(44)29(35)20(2)3/h9-11,13-14,17,20,23-26,29-30,33,39,41H,5-8,12,15-16,18-19,35H2,1-4H3,(H4,36,37,38)/t23-,24+,25+,26+,29+,30-,33?/m1/s1. The molecule has 0 saturated heterocycles. The van der Waals surface area contributed by atoms with E-state index in [9.17, 15) is 29.4 Å².